The lowest BCUT2D eigenvalue weighted by Gasteiger charge is -2.14. The summed E-state index contributed by atoms with van der Waals surface area (Å²) in [4.78, 5) is 21.4. The fraction of sp³-hybridized carbons (Fsp3) is 0.238. The van der Waals surface area contributed by atoms with E-state index in [0.29, 0.717) is 44.3 Å². The molecule has 0 spiro atoms. The second-order valence-corrected chi connectivity index (χ2v) is 8.28. The van der Waals surface area contributed by atoms with Gasteiger partial charge in [-0.3, -0.25) is 14.9 Å². The SMILES string of the molecule is C=C(C)c1c(F)c(SC)c(-c2cn3cc(NC(=O)C4CC4)nc3cn2)c2cn[nH]c12. The summed E-state index contributed by atoms with van der Waals surface area (Å²) in [5.74, 6) is 0.227. The Kier molecular flexibility index (Phi) is 4.35. The second kappa shape index (κ2) is 6.94. The number of fused-ring (bicyclic) bond motifs is 2. The molecule has 0 unspecified atom stereocenters. The Bertz CT molecular complexity index is 1340. The number of nitrogens with one attached hydrogen (secondary N) is 2. The molecule has 1 saturated carbocycles. The number of H-pyrrole nitrogens is 1. The van der Waals surface area contributed by atoms with Crippen molar-refractivity contribution in [2.45, 2.75) is 24.7 Å². The van der Waals surface area contributed by atoms with Gasteiger partial charge in [0.15, 0.2) is 11.5 Å². The van der Waals surface area contributed by atoms with Gasteiger partial charge in [-0.05, 0) is 31.6 Å². The molecule has 1 aliphatic rings. The Morgan fingerprint density at radius 1 is 1.37 bits per heavy atom. The number of anilines is 1. The Morgan fingerprint density at radius 2 is 2.17 bits per heavy atom. The lowest BCUT2D eigenvalue weighted by atomic mass is 9.99. The van der Waals surface area contributed by atoms with Crippen LogP contribution < -0.4 is 5.32 Å². The first-order valence-electron chi connectivity index (χ1n) is 9.52. The standard InChI is InChI=1S/C21H19FN6OS/c1-10(2)16-18(22)20(30-3)17(12-6-24-27-19(12)16)13-8-28-9-14(25-15(28)7-23-13)26-21(29)11-4-5-11/h6-9,11H,1,4-5H2,2-3H3,(H,24,27)(H,26,29). The number of amides is 1. The van der Waals surface area contributed by atoms with E-state index in [1.54, 1.807) is 36.1 Å². The van der Waals surface area contributed by atoms with E-state index >= 15 is 4.39 Å². The van der Waals surface area contributed by atoms with E-state index in [2.05, 4.69) is 32.1 Å². The number of carbonyl (C=O) groups is 1. The van der Waals surface area contributed by atoms with E-state index < -0.39 is 0 Å². The molecule has 0 bridgehead atoms. The minimum atomic E-state index is -0.341. The van der Waals surface area contributed by atoms with Gasteiger partial charge in [0.1, 0.15) is 5.82 Å². The van der Waals surface area contributed by atoms with Crippen molar-refractivity contribution in [2.24, 2.45) is 5.92 Å². The number of hydrogen-bond acceptors (Lipinski definition) is 5. The molecule has 1 fully saturated rings. The lowest BCUT2D eigenvalue weighted by Crippen LogP contribution is -2.13. The maximum absolute atomic E-state index is 15.4. The molecular formula is C21H19FN6OS. The summed E-state index contributed by atoms with van der Waals surface area (Å²) in [5, 5.41) is 10.6. The number of benzene rings is 1. The highest BCUT2D eigenvalue weighted by molar-refractivity contribution is 7.98. The van der Waals surface area contributed by atoms with E-state index in [9.17, 15) is 4.79 Å². The van der Waals surface area contributed by atoms with Crippen molar-refractivity contribution in [1.29, 1.82) is 0 Å². The zero-order valence-corrected chi connectivity index (χ0v) is 17.3. The summed E-state index contributed by atoms with van der Waals surface area (Å²) >= 11 is 1.32. The summed E-state index contributed by atoms with van der Waals surface area (Å²) in [5.41, 5.74) is 3.49. The summed E-state index contributed by atoms with van der Waals surface area (Å²) in [7, 11) is 0. The topological polar surface area (TPSA) is 88.0 Å². The second-order valence-electron chi connectivity index (χ2n) is 7.46. The fourth-order valence-corrected chi connectivity index (χ4v) is 4.33. The molecule has 4 aromatic rings. The van der Waals surface area contributed by atoms with Crippen LogP contribution >= 0.6 is 11.8 Å². The van der Waals surface area contributed by atoms with Crippen LogP contribution in [0, 0.1) is 11.7 Å². The predicted molar refractivity (Wildman–Crippen MR) is 116 cm³/mol. The Hall–Kier alpha value is -3.20. The fourth-order valence-electron chi connectivity index (χ4n) is 3.63. The molecule has 1 aromatic carbocycles. The van der Waals surface area contributed by atoms with Gasteiger partial charge in [0.25, 0.3) is 0 Å². The zero-order valence-electron chi connectivity index (χ0n) is 16.5. The molecule has 2 N–H and O–H groups in total. The molecule has 1 aliphatic carbocycles. The molecule has 7 nitrogen and oxygen atoms in total. The van der Waals surface area contributed by atoms with E-state index in [0.717, 1.165) is 18.2 Å². The molecule has 3 aromatic heterocycles. The maximum atomic E-state index is 15.4. The van der Waals surface area contributed by atoms with Gasteiger partial charge in [0, 0.05) is 28.6 Å². The summed E-state index contributed by atoms with van der Waals surface area (Å²) in [6, 6.07) is 0. The molecule has 3 heterocycles. The molecule has 9 heteroatoms. The van der Waals surface area contributed by atoms with E-state index in [4.69, 9.17) is 0 Å². The van der Waals surface area contributed by atoms with Crippen molar-refractivity contribution >= 4 is 45.6 Å². The Morgan fingerprint density at radius 3 is 2.87 bits per heavy atom. The highest BCUT2D eigenvalue weighted by atomic mass is 32.2. The van der Waals surface area contributed by atoms with Crippen LogP contribution in [-0.4, -0.2) is 36.7 Å². The van der Waals surface area contributed by atoms with Gasteiger partial charge in [-0.25, -0.2) is 9.37 Å². The number of aromatic nitrogens is 5. The van der Waals surface area contributed by atoms with Gasteiger partial charge in [-0.15, -0.1) is 11.8 Å². The summed E-state index contributed by atoms with van der Waals surface area (Å²) in [6.07, 6.45) is 10.5. The van der Waals surface area contributed by atoms with Crippen LogP contribution in [-0.2, 0) is 4.79 Å². The number of thioether (sulfide) groups is 1. The number of carbonyl (C=O) groups excluding carboxylic acids is 1. The van der Waals surface area contributed by atoms with Crippen molar-refractivity contribution in [3.8, 4) is 11.3 Å². The number of hydrogen-bond donors (Lipinski definition) is 2. The maximum Gasteiger partial charge on any atom is 0.228 e. The third-order valence-electron chi connectivity index (χ3n) is 5.23. The van der Waals surface area contributed by atoms with Crippen LogP contribution in [0.2, 0.25) is 0 Å². The van der Waals surface area contributed by atoms with Gasteiger partial charge in [-0.1, -0.05) is 6.58 Å². The average Bonchev–Trinajstić information content (AvgIpc) is 3.33. The normalized spacial score (nSPS) is 13.8. The van der Waals surface area contributed by atoms with Crippen LogP contribution in [0.5, 0.6) is 0 Å². The minimum Gasteiger partial charge on any atom is -0.309 e. The summed E-state index contributed by atoms with van der Waals surface area (Å²) in [6.45, 7) is 5.69. The van der Waals surface area contributed by atoms with Gasteiger partial charge in [0.2, 0.25) is 5.91 Å². The van der Waals surface area contributed by atoms with Crippen LogP contribution in [0.15, 0.2) is 36.3 Å². The Labute approximate surface area is 175 Å². The first-order chi connectivity index (χ1) is 14.5. The molecular weight excluding hydrogens is 403 g/mol. The summed E-state index contributed by atoms with van der Waals surface area (Å²) < 4.78 is 17.2. The number of rotatable bonds is 5. The molecule has 0 aliphatic heterocycles. The third kappa shape index (κ3) is 2.97. The molecule has 0 saturated heterocycles. The molecule has 152 valence electrons. The molecule has 5 rings (SSSR count). The monoisotopic (exact) mass is 422 g/mol. The molecule has 0 radical (unpaired) electrons. The first-order valence-corrected chi connectivity index (χ1v) is 10.7. The van der Waals surface area contributed by atoms with Crippen molar-refractivity contribution in [1.82, 2.24) is 24.6 Å². The quantitative estimate of drug-likeness (QED) is 0.462. The number of halogens is 1. The average molecular weight is 422 g/mol. The van der Waals surface area contributed by atoms with Gasteiger partial charge < -0.3 is 9.72 Å². The highest BCUT2D eigenvalue weighted by Crippen LogP contribution is 2.41. The van der Waals surface area contributed by atoms with Crippen molar-refractivity contribution < 1.29 is 9.18 Å². The van der Waals surface area contributed by atoms with Crippen molar-refractivity contribution in [3.63, 3.8) is 0 Å². The van der Waals surface area contributed by atoms with E-state index in [-0.39, 0.29) is 17.6 Å². The first kappa shape index (κ1) is 18.8. The number of imidazole rings is 1. The van der Waals surface area contributed by atoms with Gasteiger partial charge in [-0.2, -0.15) is 5.10 Å². The number of nitrogens with zero attached hydrogens (tertiary/aromatic N) is 4. The molecule has 1 amide bonds. The van der Waals surface area contributed by atoms with Crippen LogP contribution in [0.4, 0.5) is 10.2 Å². The van der Waals surface area contributed by atoms with Gasteiger partial charge in [0.05, 0.1) is 34.7 Å². The highest BCUT2D eigenvalue weighted by Gasteiger charge is 2.30. The predicted octanol–water partition coefficient (Wildman–Crippen LogP) is 4.52. The molecule has 0 atom stereocenters. The van der Waals surface area contributed by atoms with E-state index in [1.807, 2.05) is 6.26 Å². The van der Waals surface area contributed by atoms with Gasteiger partial charge >= 0.3 is 0 Å². The smallest absolute Gasteiger partial charge is 0.228 e. The molecule has 30 heavy (non-hydrogen) atoms. The largest absolute Gasteiger partial charge is 0.309 e. The number of aromatic amines is 1. The number of allylic oxidation sites excluding steroid dienone is 1. The van der Waals surface area contributed by atoms with Crippen LogP contribution in [0.3, 0.4) is 0 Å². The van der Waals surface area contributed by atoms with Crippen molar-refractivity contribution in [3.05, 3.63) is 42.7 Å². The third-order valence-corrected chi connectivity index (χ3v) is 6.02. The van der Waals surface area contributed by atoms with Crippen LogP contribution in [0.25, 0.3) is 33.4 Å². The zero-order chi connectivity index (χ0) is 21.0. The van der Waals surface area contributed by atoms with Crippen molar-refractivity contribution in [2.75, 3.05) is 11.6 Å². The van der Waals surface area contributed by atoms with E-state index in [1.165, 1.54) is 11.8 Å². The Balaban J connectivity index is 1.66. The minimum absolute atomic E-state index is 0.00572. The lowest BCUT2D eigenvalue weighted by molar-refractivity contribution is -0.117. The van der Waals surface area contributed by atoms with Crippen LogP contribution in [0.1, 0.15) is 25.3 Å².